The average Bonchev–Trinajstić information content (AvgIpc) is 2.98. The molecule has 3 amide bonds. The van der Waals surface area contributed by atoms with Crippen LogP contribution in [0.25, 0.3) is 10.9 Å². The molecule has 10 heteroatoms. The lowest BCUT2D eigenvalue weighted by atomic mass is 10.1. The third kappa shape index (κ3) is 4.02. The molecule has 0 spiro atoms. The topological polar surface area (TPSA) is 106 Å². The van der Waals surface area contributed by atoms with Crippen LogP contribution >= 0.6 is 23.2 Å². The van der Waals surface area contributed by atoms with Crippen LogP contribution in [-0.2, 0) is 14.3 Å². The van der Waals surface area contributed by atoms with E-state index in [2.05, 4.69) is 10.3 Å². The fraction of sp³-hybridized carbons (Fsp3) is 0.136. The molecule has 0 radical (unpaired) electrons. The highest BCUT2D eigenvalue weighted by Crippen LogP contribution is 2.31. The molecule has 1 aromatic heterocycles. The molecule has 0 aliphatic carbocycles. The minimum atomic E-state index is -1.17. The van der Waals surface area contributed by atoms with E-state index in [-0.39, 0.29) is 21.2 Å². The number of carbonyl (C=O) groups is 4. The van der Waals surface area contributed by atoms with Gasteiger partial charge in [-0.2, -0.15) is 0 Å². The van der Waals surface area contributed by atoms with Crippen molar-refractivity contribution in [2.24, 2.45) is 0 Å². The number of anilines is 1. The molecule has 1 aliphatic rings. The average molecular weight is 472 g/mol. The van der Waals surface area contributed by atoms with Gasteiger partial charge in [0.05, 0.1) is 32.4 Å². The summed E-state index contributed by atoms with van der Waals surface area (Å²) in [6.07, 6.45) is 0.466. The van der Waals surface area contributed by atoms with E-state index in [1.54, 1.807) is 36.5 Å². The summed E-state index contributed by atoms with van der Waals surface area (Å²) < 4.78 is 5.14. The second-order valence-electron chi connectivity index (χ2n) is 7.01. The number of amides is 3. The maximum atomic E-state index is 12.5. The van der Waals surface area contributed by atoms with E-state index >= 15 is 0 Å². The predicted octanol–water partition coefficient (Wildman–Crippen LogP) is 3.71. The van der Waals surface area contributed by atoms with Gasteiger partial charge in [0, 0.05) is 11.6 Å². The predicted molar refractivity (Wildman–Crippen MR) is 118 cm³/mol. The molecule has 0 fully saturated rings. The molecular weight excluding hydrogens is 457 g/mol. The van der Waals surface area contributed by atoms with Crippen LogP contribution in [0.5, 0.6) is 0 Å². The first-order valence-electron chi connectivity index (χ1n) is 9.45. The molecule has 8 nitrogen and oxygen atoms in total. The number of imide groups is 1. The number of ether oxygens (including phenoxy) is 1. The summed E-state index contributed by atoms with van der Waals surface area (Å²) in [5.74, 6) is -2.88. The number of carbonyl (C=O) groups excluding carboxylic acids is 4. The number of aromatic nitrogens is 1. The first-order chi connectivity index (χ1) is 15.3. The third-order valence-electron chi connectivity index (χ3n) is 4.88. The summed E-state index contributed by atoms with van der Waals surface area (Å²) in [5.41, 5.74) is 1.30. The summed E-state index contributed by atoms with van der Waals surface area (Å²) in [4.78, 5) is 54.8. The Bertz CT molecular complexity index is 1250. The molecule has 32 heavy (non-hydrogen) atoms. The van der Waals surface area contributed by atoms with E-state index < -0.39 is 36.3 Å². The lowest BCUT2D eigenvalue weighted by Crippen LogP contribution is -2.38. The Labute approximate surface area is 192 Å². The Hall–Kier alpha value is -3.49. The van der Waals surface area contributed by atoms with Gasteiger partial charge in [0.15, 0.2) is 6.10 Å². The number of nitrogens with zero attached hydrogens (tertiary/aromatic N) is 2. The van der Waals surface area contributed by atoms with Gasteiger partial charge in [-0.1, -0.05) is 29.3 Å². The van der Waals surface area contributed by atoms with Crippen LogP contribution in [0.3, 0.4) is 0 Å². The number of nitrogens with one attached hydrogen (secondary N) is 1. The number of fused-ring (bicyclic) bond motifs is 2. The Morgan fingerprint density at radius 2 is 1.72 bits per heavy atom. The van der Waals surface area contributed by atoms with Crippen molar-refractivity contribution in [2.75, 3.05) is 11.9 Å². The molecule has 1 atom stereocenters. The second kappa shape index (κ2) is 8.57. The highest BCUT2D eigenvalue weighted by Gasteiger charge is 2.38. The number of pyridine rings is 1. The number of esters is 1. The Kier molecular flexibility index (Phi) is 5.82. The van der Waals surface area contributed by atoms with Crippen molar-refractivity contribution in [3.8, 4) is 0 Å². The largest absolute Gasteiger partial charge is 0.451 e. The van der Waals surface area contributed by atoms with Gasteiger partial charge in [-0.3, -0.25) is 29.1 Å². The van der Waals surface area contributed by atoms with E-state index in [1.165, 1.54) is 19.1 Å². The quantitative estimate of drug-likeness (QED) is 0.449. The van der Waals surface area contributed by atoms with E-state index in [9.17, 15) is 19.2 Å². The van der Waals surface area contributed by atoms with Gasteiger partial charge in [-0.05, 0) is 43.3 Å². The molecule has 3 aromatic rings. The lowest BCUT2D eigenvalue weighted by molar-refractivity contribution is -0.153. The van der Waals surface area contributed by atoms with Gasteiger partial charge in [-0.25, -0.2) is 0 Å². The Balaban J connectivity index is 1.41. The van der Waals surface area contributed by atoms with Crippen LogP contribution in [-0.4, -0.2) is 46.2 Å². The summed E-state index contributed by atoms with van der Waals surface area (Å²) in [5, 5.41) is 3.65. The van der Waals surface area contributed by atoms with Crippen LogP contribution in [0, 0.1) is 0 Å². The fourth-order valence-corrected chi connectivity index (χ4v) is 3.62. The normalized spacial score (nSPS) is 13.8. The molecule has 0 bridgehead atoms. The van der Waals surface area contributed by atoms with Crippen molar-refractivity contribution >= 4 is 63.5 Å². The minimum Gasteiger partial charge on any atom is -0.451 e. The number of hydrogen-bond donors (Lipinski definition) is 1. The fourth-order valence-electron chi connectivity index (χ4n) is 3.29. The first-order valence-corrected chi connectivity index (χ1v) is 10.2. The molecule has 2 aromatic carbocycles. The zero-order valence-corrected chi connectivity index (χ0v) is 18.1. The molecule has 0 saturated heterocycles. The van der Waals surface area contributed by atoms with Gasteiger partial charge in [-0.15, -0.1) is 0 Å². The van der Waals surface area contributed by atoms with Gasteiger partial charge in [0.25, 0.3) is 17.7 Å². The minimum absolute atomic E-state index is 0.0487. The molecule has 4 rings (SSSR count). The van der Waals surface area contributed by atoms with Crippen LogP contribution in [0.1, 0.15) is 27.6 Å². The van der Waals surface area contributed by atoms with Crippen LogP contribution < -0.4 is 5.32 Å². The van der Waals surface area contributed by atoms with E-state index in [4.69, 9.17) is 27.9 Å². The van der Waals surface area contributed by atoms with Crippen molar-refractivity contribution in [3.63, 3.8) is 0 Å². The standard InChI is InChI=1S/C22H15Cl2N3O5/c1-11(20(29)26-18-6-2-5-17-12(18)4-3-7-25-17)32-19(28)10-27-21(30)13-8-15(23)16(24)9-14(13)22(27)31/h2-9,11H,10H2,1H3,(H,26,29). The molecule has 162 valence electrons. The van der Waals surface area contributed by atoms with Crippen LogP contribution in [0.4, 0.5) is 5.69 Å². The van der Waals surface area contributed by atoms with E-state index in [0.29, 0.717) is 11.2 Å². The molecule has 1 aliphatic heterocycles. The molecule has 1 N–H and O–H groups in total. The van der Waals surface area contributed by atoms with Crippen molar-refractivity contribution in [1.82, 2.24) is 9.88 Å². The summed E-state index contributed by atoms with van der Waals surface area (Å²) in [6, 6.07) is 11.3. The van der Waals surface area contributed by atoms with Crippen molar-refractivity contribution in [2.45, 2.75) is 13.0 Å². The highest BCUT2D eigenvalue weighted by atomic mass is 35.5. The Morgan fingerprint density at radius 3 is 2.38 bits per heavy atom. The van der Waals surface area contributed by atoms with Gasteiger partial charge < -0.3 is 10.1 Å². The molecule has 1 unspecified atom stereocenters. The Morgan fingerprint density at radius 1 is 1.06 bits per heavy atom. The molecular formula is C22H15Cl2N3O5. The third-order valence-corrected chi connectivity index (χ3v) is 5.60. The maximum Gasteiger partial charge on any atom is 0.326 e. The monoisotopic (exact) mass is 471 g/mol. The van der Waals surface area contributed by atoms with Gasteiger partial charge in [0.1, 0.15) is 6.54 Å². The lowest BCUT2D eigenvalue weighted by Gasteiger charge is -2.17. The molecule has 0 saturated carbocycles. The van der Waals surface area contributed by atoms with Crippen molar-refractivity contribution in [3.05, 3.63) is 69.8 Å². The van der Waals surface area contributed by atoms with E-state index in [1.807, 2.05) is 0 Å². The summed E-state index contributed by atoms with van der Waals surface area (Å²) in [6.45, 7) is 0.732. The SMILES string of the molecule is CC(OC(=O)CN1C(=O)c2cc(Cl)c(Cl)cc2C1=O)C(=O)Nc1cccc2ncccc12. The second-order valence-corrected chi connectivity index (χ2v) is 7.82. The number of benzene rings is 2. The highest BCUT2D eigenvalue weighted by molar-refractivity contribution is 6.43. The van der Waals surface area contributed by atoms with Crippen LogP contribution in [0.15, 0.2) is 48.7 Å². The smallest absolute Gasteiger partial charge is 0.326 e. The van der Waals surface area contributed by atoms with Gasteiger partial charge in [0.2, 0.25) is 0 Å². The zero-order valence-electron chi connectivity index (χ0n) is 16.6. The maximum absolute atomic E-state index is 12.5. The first kappa shape index (κ1) is 21.7. The summed E-state index contributed by atoms with van der Waals surface area (Å²) >= 11 is 11.8. The number of rotatable bonds is 5. The number of halogens is 2. The zero-order chi connectivity index (χ0) is 23.0. The van der Waals surface area contributed by atoms with Crippen LogP contribution in [0.2, 0.25) is 10.0 Å². The van der Waals surface area contributed by atoms with E-state index in [0.717, 1.165) is 10.3 Å². The van der Waals surface area contributed by atoms with Gasteiger partial charge >= 0.3 is 5.97 Å². The van der Waals surface area contributed by atoms with Crippen molar-refractivity contribution in [1.29, 1.82) is 0 Å². The van der Waals surface area contributed by atoms with Crippen molar-refractivity contribution < 1.29 is 23.9 Å². The number of hydrogen-bond acceptors (Lipinski definition) is 6. The molecule has 2 heterocycles. The summed E-state index contributed by atoms with van der Waals surface area (Å²) in [7, 11) is 0.